The summed E-state index contributed by atoms with van der Waals surface area (Å²) >= 11 is 0. The third-order valence-corrected chi connectivity index (χ3v) is 4.77. The molecule has 0 N–H and O–H groups in total. The standard InChI is InChI=1S/C21H23FN2O2/c1-23(15-17-9-11-18(22)12-10-17)21(26)19-8-5-13-24(19)20(25)14-16-6-3-2-4-7-16/h2-4,6-7,9-12,19H,5,8,13-15H2,1H3. The van der Waals surface area contributed by atoms with E-state index in [1.807, 2.05) is 30.3 Å². The molecule has 2 aromatic rings. The maximum atomic E-state index is 13.0. The van der Waals surface area contributed by atoms with Crippen molar-refractivity contribution in [2.75, 3.05) is 13.6 Å². The molecule has 2 amide bonds. The van der Waals surface area contributed by atoms with Gasteiger partial charge < -0.3 is 9.80 Å². The van der Waals surface area contributed by atoms with Gasteiger partial charge in [-0.3, -0.25) is 9.59 Å². The Morgan fingerprint density at radius 2 is 1.77 bits per heavy atom. The lowest BCUT2D eigenvalue weighted by atomic mass is 10.1. The molecule has 0 aromatic heterocycles. The molecule has 0 bridgehead atoms. The van der Waals surface area contributed by atoms with Gasteiger partial charge in [0.25, 0.3) is 0 Å². The minimum absolute atomic E-state index is 0.0118. The van der Waals surface area contributed by atoms with Gasteiger partial charge in [0.1, 0.15) is 11.9 Å². The monoisotopic (exact) mass is 354 g/mol. The first-order valence-electron chi connectivity index (χ1n) is 8.87. The summed E-state index contributed by atoms with van der Waals surface area (Å²) in [6.07, 6.45) is 1.83. The van der Waals surface area contributed by atoms with Crippen molar-refractivity contribution in [3.8, 4) is 0 Å². The van der Waals surface area contributed by atoms with Crippen molar-refractivity contribution in [1.29, 1.82) is 0 Å². The van der Waals surface area contributed by atoms with E-state index in [2.05, 4.69) is 0 Å². The zero-order chi connectivity index (χ0) is 18.5. The number of likely N-dealkylation sites (tertiary alicyclic amines) is 1. The van der Waals surface area contributed by atoms with E-state index in [1.54, 1.807) is 29.0 Å². The van der Waals surface area contributed by atoms with E-state index in [-0.39, 0.29) is 17.6 Å². The van der Waals surface area contributed by atoms with Crippen LogP contribution >= 0.6 is 0 Å². The lowest BCUT2D eigenvalue weighted by Gasteiger charge is -2.28. The van der Waals surface area contributed by atoms with Crippen LogP contribution in [0.3, 0.4) is 0 Å². The molecule has 4 nitrogen and oxygen atoms in total. The molecule has 0 radical (unpaired) electrons. The van der Waals surface area contributed by atoms with Gasteiger partial charge in [-0.2, -0.15) is 0 Å². The van der Waals surface area contributed by atoms with Crippen LogP contribution in [0.15, 0.2) is 54.6 Å². The minimum Gasteiger partial charge on any atom is -0.340 e. The Morgan fingerprint density at radius 3 is 2.46 bits per heavy atom. The van der Waals surface area contributed by atoms with Crippen LogP contribution in [0.2, 0.25) is 0 Å². The molecule has 0 aliphatic carbocycles. The third-order valence-electron chi connectivity index (χ3n) is 4.77. The molecular formula is C21H23FN2O2. The van der Waals surface area contributed by atoms with Gasteiger partial charge in [-0.25, -0.2) is 4.39 Å². The van der Waals surface area contributed by atoms with Gasteiger partial charge in [0, 0.05) is 20.1 Å². The van der Waals surface area contributed by atoms with Crippen LogP contribution in [0.5, 0.6) is 0 Å². The summed E-state index contributed by atoms with van der Waals surface area (Å²) in [6, 6.07) is 15.3. The van der Waals surface area contributed by atoms with Crippen LogP contribution in [0.4, 0.5) is 4.39 Å². The number of rotatable bonds is 5. The van der Waals surface area contributed by atoms with Gasteiger partial charge >= 0.3 is 0 Å². The highest BCUT2D eigenvalue weighted by molar-refractivity contribution is 5.89. The maximum Gasteiger partial charge on any atom is 0.245 e. The van der Waals surface area contributed by atoms with Crippen LogP contribution in [0.25, 0.3) is 0 Å². The van der Waals surface area contributed by atoms with Gasteiger partial charge in [0.2, 0.25) is 11.8 Å². The highest BCUT2D eigenvalue weighted by atomic mass is 19.1. The van der Waals surface area contributed by atoms with Crippen LogP contribution in [0.1, 0.15) is 24.0 Å². The Morgan fingerprint density at radius 1 is 1.08 bits per heavy atom. The minimum atomic E-state index is -0.406. The predicted octanol–water partition coefficient (Wildman–Crippen LogP) is 3.02. The number of carbonyl (C=O) groups is 2. The highest BCUT2D eigenvalue weighted by Gasteiger charge is 2.35. The normalized spacial score (nSPS) is 16.5. The molecule has 1 aliphatic heterocycles. The molecule has 1 saturated heterocycles. The van der Waals surface area contributed by atoms with Crippen molar-refractivity contribution in [2.45, 2.75) is 31.8 Å². The molecule has 0 spiro atoms. The number of benzene rings is 2. The average Bonchev–Trinajstić information content (AvgIpc) is 3.13. The van der Waals surface area contributed by atoms with E-state index in [4.69, 9.17) is 0 Å². The van der Waals surface area contributed by atoms with Crippen LogP contribution in [0, 0.1) is 5.82 Å². The average molecular weight is 354 g/mol. The number of carbonyl (C=O) groups excluding carboxylic acids is 2. The lowest BCUT2D eigenvalue weighted by Crippen LogP contribution is -2.46. The fourth-order valence-corrected chi connectivity index (χ4v) is 3.39. The number of hydrogen-bond acceptors (Lipinski definition) is 2. The second-order valence-corrected chi connectivity index (χ2v) is 6.73. The molecule has 136 valence electrons. The first-order valence-corrected chi connectivity index (χ1v) is 8.87. The van der Waals surface area contributed by atoms with E-state index < -0.39 is 6.04 Å². The van der Waals surface area contributed by atoms with Crippen molar-refractivity contribution in [3.05, 3.63) is 71.5 Å². The number of likely N-dealkylation sites (N-methyl/N-ethyl adjacent to an activating group) is 1. The molecule has 26 heavy (non-hydrogen) atoms. The van der Waals surface area contributed by atoms with E-state index in [0.717, 1.165) is 17.5 Å². The first-order chi connectivity index (χ1) is 12.5. The topological polar surface area (TPSA) is 40.6 Å². The molecule has 1 aliphatic rings. The Balaban J connectivity index is 1.63. The fourth-order valence-electron chi connectivity index (χ4n) is 3.39. The molecule has 1 unspecified atom stereocenters. The number of halogens is 1. The van der Waals surface area contributed by atoms with Crippen molar-refractivity contribution in [3.63, 3.8) is 0 Å². The molecule has 2 aromatic carbocycles. The summed E-state index contributed by atoms with van der Waals surface area (Å²) in [4.78, 5) is 28.8. The van der Waals surface area contributed by atoms with Crippen LogP contribution in [-0.2, 0) is 22.6 Å². The molecule has 3 rings (SSSR count). The van der Waals surface area contributed by atoms with Crippen LogP contribution < -0.4 is 0 Å². The fraction of sp³-hybridized carbons (Fsp3) is 0.333. The largest absolute Gasteiger partial charge is 0.340 e. The summed E-state index contributed by atoms with van der Waals surface area (Å²) in [5.74, 6) is -0.369. The quantitative estimate of drug-likeness (QED) is 0.828. The lowest BCUT2D eigenvalue weighted by molar-refractivity contribution is -0.143. The molecule has 1 fully saturated rings. The van der Waals surface area contributed by atoms with Crippen LogP contribution in [-0.4, -0.2) is 41.2 Å². The smallest absolute Gasteiger partial charge is 0.245 e. The number of nitrogens with zero attached hydrogens (tertiary/aromatic N) is 2. The Kier molecular flexibility index (Phi) is 5.66. The van der Waals surface area contributed by atoms with E-state index in [1.165, 1.54) is 12.1 Å². The van der Waals surface area contributed by atoms with Gasteiger partial charge in [-0.15, -0.1) is 0 Å². The van der Waals surface area contributed by atoms with Crippen molar-refractivity contribution < 1.29 is 14.0 Å². The summed E-state index contributed by atoms with van der Waals surface area (Å²) in [5.41, 5.74) is 1.82. The second-order valence-electron chi connectivity index (χ2n) is 6.73. The van der Waals surface area contributed by atoms with Gasteiger partial charge in [-0.05, 0) is 36.1 Å². The number of hydrogen-bond donors (Lipinski definition) is 0. The van der Waals surface area contributed by atoms with Crippen molar-refractivity contribution >= 4 is 11.8 Å². The summed E-state index contributed by atoms with van der Waals surface area (Å²) < 4.78 is 13.0. The Bertz CT molecular complexity index is 761. The zero-order valence-corrected chi connectivity index (χ0v) is 14.9. The molecule has 1 atom stereocenters. The van der Waals surface area contributed by atoms with Gasteiger partial charge in [0.15, 0.2) is 0 Å². The van der Waals surface area contributed by atoms with Crippen molar-refractivity contribution in [1.82, 2.24) is 9.80 Å². The molecular weight excluding hydrogens is 331 g/mol. The Labute approximate surface area is 153 Å². The van der Waals surface area contributed by atoms with E-state index >= 15 is 0 Å². The Hall–Kier alpha value is -2.69. The number of amides is 2. The van der Waals surface area contributed by atoms with Gasteiger partial charge in [0.05, 0.1) is 6.42 Å². The highest BCUT2D eigenvalue weighted by Crippen LogP contribution is 2.21. The summed E-state index contributed by atoms with van der Waals surface area (Å²) in [6.45, 7) is 1.02. The SMILES string of the molecule is CN(Cc1ccc(F)cc1)C(=O)C1CCCN1C(=O)Cc1ccccc1. The third kappa shape index (κ3) is 4.28. The molecule has 5 heteroatoms. The summed E-state index contributed by atoms with van der Waals surface area (Å²) in [7, 11) is 1.73. The van der Waals surface area contributed by atoms with E-state index in [9.17, 15) is 14.0 Å². The van der Waals surface area contributed by atoms with E-state index in [0.29, 0.717) is 25.9 Å². The zero-order valence-electron chi connectivity index (χ0n) is 14.9. The predicted molar refractivity (Wildman–Crippen MR) is 97.8 cm³/mol. The maximum absolute atomic E-state index is 13.0. The second kappa shape index (κ2) is 8.13. The van der Waals surface area contributed by atoms with Crippen molar-refractivity contribution in [2.24, 2.45) is 0 Å². The van der Waals surface area contributed by atoms with Gasteiger partial charge in [-0.1, -0.05) is 42.5 Å². The molecule has 0 saturated carbocycles. The first kappa shape index (κ1) is 18.1. The summed E-state index contributed by atoms with van der Waals surface area (Å²) in [5, 5.41) is 0. The molecule has 1 heterocycles.